The highest BCUT2D eigenvalue weighted by Crippen LogP contribution is 2.39. The lowest BCUT2D eigenvalue weighted by atomic mass is 9.99. The number of hydrogen-bond acceptors (Lipinski definition) is 3. The van der Waals surface area contributed by atoms with Crippen LogP contribution in [0.1, 0.15) is 43.2 Å². The van der Waals surface area contributed by atoms with Crippen LogP contribution in [0.4, 0.5) is 5.69 Å². The van der Waals surface area contributed by atoms with E-state index in [1.54, 1.807) is 0 Å². The Labute approximate surface area is 127 Å². The van der Waals surface area contributed by atoms with E-state index in [-0.39, 0.29) is 0 Å². The molecule has 2 N–H and O–H groups in total. The number of benzene rings is 1. The summed E-state index contributed by atoms with van der Waals surface area (Å²) in [4.78, 5) is 0. The Morgan fingerprint density at radius 2 is 2.10 bits per heavy atom. The Hall–Kier alpha value is -0.670. The monoisotopic (exact) mass is 290 g/mol. The molecule has 1 heterocycles. The Kier molecular flexibility index (Phi) is 4.57. The second-order valence-electron chi connectivity index (χ2n) is 6.18. The van der Waals surface area contributed by atoms with Crippen molar-refractivity contribution in [1.82, 2.24) is 5.32 Å². The molecule has 110 valence electrons. The Bertz CT molecular complexity index is 452. The average molecular weight is 290 g/mol. The summed E-state index contributed by atoms with van der Waals surface area (Å²) in [6.07, 6.45) is 10.3. The summed E-state index contributed by atoms with van der Waals surface area (Å²) in [7, 11) is 0. The predicted molar refractivity (Wildman–Crippen MR) is 89.7 cm³/mol. The van der Waals surface area contributed by atoms with E-state index in [0.29, 0.717) is 4.75 Å². The molecular weight excluding hydrogens is 264 g/mol. The number of aryl methyl sites for hydroxylation is 1. The molecule has 0 saturated heterocycles. The van der Waals surface area contributed by atoms with Gasteiger partial charge in [0.25, 0.3) is 0 Å². The first kappa shape index (κ1) is 14.3. The van der Waals surface area contributed by atoms with Crippen LogP contribution >= 0.6 is 11.8 Å². The van der Waals surface area contributed by atoms with Gasteiger partial charge in [0.15, 0.2) is 0 Å². The molecule has 3 rings (SSSR count). The van der Waals surface area contributed by atoms with Crippen LogP contribution in [0.15, 0.2) is 18.2 Å². The lowest BCUT2D eigenvalue weighted by Gasteiger charge is -2.28. The van der Waals surface area contributed by atoms with Gasteiger partial charge in [0, 0.05) is 30.1 Å². The van der Waals surface area contributed by atoms with Crippen molar-refractivity contribution in [3.05, 3.63) is 29.3 Å². The van der Waals surface area contributed by atoms with E-state index in [1.807, 2.05) is 0 Å². The molecule has 1 fully saturated rings. The molecule has 0 unspecified atom stereocenters. The van der Waals surface area contributed by atoms with Crippen molar-refractivity contribution in [1.29, 1.82) is 0 Å². The minimum atomic E-state index is 0.502. The summed E-state index contributed by atoms with van der Waals surface area (Å²) < 4.78 is 0.502. The summed E-state index contributed by atoms with van der Waals surface area (Å²) >= 11 is 2.07. The van der Waals surface area contributed by atoms with Gasteiger partial charge in [0.1, 0.15) is 0 Å². The normalized spacial score (nSPS) is 20.4. The molecule has 0 spiro atoms. The Morgan fingerprint density at radius 1 is 1.25 bits per heavy atom. The third kappa shape index (κ3) is 2.99. The third-order valence-electron chi connectivity index (χ3n) is 4.87. The molecule has 0 amide bonds. The summed E-state index contributed by atoms with van der Waals surface area (Å²) in [5.74, 6) is 0. The molecule has 0 radical (unpaired) electrons. The van der Waals surface area contributed by atoms with Crippen molar-refractivity contribution >= 4 is 17.4 Å². The van der Waals surface area contributed by atoms with Crippen LogP contribution in [0.2, 0.25) is 0 Å². The van der Waals surface area contributed by atoms with Gasteiger partial charge >= 0.3 is 0 Å². The van der Waals surface area contributed by atoms with Crippen LogP contribution in [0, 0.1) is 0 Å². The van der Waals surface area contributed by atoms with Gasteiger partial charge in [-0.1, -0.05) is 31.0 Å². The van der Waals surface area contributed by atoms with E-state index >= 15 is 0 Å². The van der Waals surface area contributed by atoms with E-state index in [0.717, 1.165) is 19.6 Å². The van der Waals surface area contributed by atoms with Crippen molar-refractivity contribution in [3.63, 3.8) is 0 Å². The van der Waals surface area contributed by atoms with Crippen molar-refractivity contribution in [3.8, 4) is 0 Å². The molecule has 1 aliphatic carbocycles. The quantitative estimate of drug-likeness (QED) is 0.862. The largest absolute Gasteiger partial charge is 0.385 e. The maximum Gasteiger partial charge on any atom is 0.0418 e. The van der Waals surface area contributed by atoms with Gasteiger partial charge in [-0.05, 0) is 43.1 Å². The zero-order valence-electron chi connectivity index (χ0n) is 12.5. The van der Waals surface area contributed by atoms with Crippen LogP contribution in [0.5, 0.6) is 0 Å². The summed E-state index contributed by atoms with van der Waals surface area (Å²) in [5.41, 5.74) is 4.34. The summed E-state index contributed by atoms with van der Waals surface area (Å²) in [5, 5.41) is 7.31. The van der Waals surface area contributed by atoms with Gasteiger partial charge < -0.3 is 10.6 Å². The smallest absolute Gasteiger partial charge is 0.0418 e. The van der Waals surface area contributed by atoms with Crippen molar-refractivity contribution in [2.75, 3.05) is 24.7 Å². The highest BCUT2D eigenvalue weighted by Gasteiger charge is 2.32. The number of rotatable bonds is 5. The van der Waals surface area contributed by atoms with Crippen LogP contribution in [-0.4, -0.2) is 24.1 Å². The number of para-hydroxylation sites is 1. The fraction of sp³-hybridized carbons (Fsp3) is 0.647. The number of nitrogens with one attached hydrogen (secondary N) is 2. The SMILES string of the molecule is CSC1(CNCc2cccc3c2NCCC3)CCCC1. The molecule has 2 nitrogen and oxygen atoms in total. The molecule has 1 aliphatic heterocycles. The first-order valence-corrected chi connectivity index (χ1v) is 9.16. The van der Waals surface area contributed by atoms with Gasteiger partial charge in [-0.15, -0.1) is 0 Å². The molecule has 0 atom stereocenters. The molecule has 1 aromatic carbocycles. The van der Waals surface area contributed by atoms with Gasteiger partial charge in [-0.3, -0.25) is 0 Å². The summed E-state index contributed by atoms with van der Waals surface area (Å²) in [6.45, 7) is 3.27. The molecule has 3 heteroatoms. The van der Waals surface area contributed by atoms with Crippen molar-refractivity contribution in [2.24, 2.45) is 0 Å². The van der Waals surface area contributed by atoms with Crippen LogP contribution in [0.25, 0.3) is 0 Å². The lowest BCUT2D eigenvalue weighted by molar-refractivity contribution is 0.533. The second-order valence-corrected chi connectivity index (χ2v) is 7.45. The average Bonchev–Trinajstić information content (AvgIpc) is 2.97. The standard InChI is InChI=1S/C17H26N2S/c1-20-17(9-2-3-10-17)13-18-12-15-7-4-6-14-8-5-11-19-16(14)15/h4,6-7,18-19H,2-3,5,8-13H2,1H3. The first-order valence-electron chi connectivity index (χ1n) is 7.93. The maximum absolute atomic E-state index is 3.72. The zero-order valence-corrected chi connectivity index (χ0v) is 13.3. The molecular formula is C17H26N2S. The topological polar surface area (TPSA) is 24.1 Å². The van der Waals surface area contributed by atoms with E-state index in [4.69, 9.17) is 0 Å². The lowest BCUT2D eigenvalue weighted by Crippen LogP contribution is -2.35. The Morgan fingerprint density at radius 3 is 2.90 bits per heavy atom. The van der Waals surface area contributed by atoms with Crippen LogP contribution < -0.4 is 10.6 Å². The van der Waals surface area contributed by atoms with Gasteiger partial charge in [0.2, 0.25) is 0 Å². The van der Waals surface area contributed by atoms with Crippen molar-refractivity contribution in [2.45, 2.75) is 49.8 Å². The van der Waals surface area contributed by atoms with E-state index in [9.17, 15) is 0 Å². The molecule has 1 saturated carbocycles. The Balaban J connectivity index is 1.61. The second kappa shape index (κ2) is 6.40. The van der Waals surface area contributed by atoms with Gasteiger partial charge in [-0.2, -0.15) is 11.8 Å². The fourth-order valence-corrected chi connectivity index (χ4v) is 4.57. The zero-order chi connectivity index (χ0) is 13.8. The number of thioether (sulfide) groups is 1. The van der Waals surface area contributed by atoms with E-state index in [2.05, 4.69) is 46.9 Å². The predicted octanol–water partition coefficient (Wildman–Crippen LogP) is 3.81. The third-order valence-corrected chi connectivity index (χ3v) is 6.29. The van der Waals surface area contributed by atoms with Crippen molar-refractivity contribution < 1.29 is 0 Å². The van der Waals surface area contributed by atoms with E-state index in [1.165, 1.54) is 55.3 Å². The minimum absolute atomic E-state index is 0.502. The van der Waals surface area contributed by atoms with Gasteiger partial charge in [-0.25, -0.2) is 0 Å². The first-order chi connectivity index (χ1) is 9.83. The van der Waals surface area contributed by atoms with Crippen LogP contribution in [0.3, 0.4) is 0 Å². The molecule has 0 aromatic heterocycles. The minimum Gasteiger partial charge on any atom is -0.385 e. The number of anilines is 1. The summed E-state index contributed by atoms with van der Waals surface area (Å²) in [6, 6.07) is 6.75. The highest BCUT2D eigenvalue weighted by molar-refractivity contribution is 8.00. The highest BCUT2D eigenvalue weighted by atomic mass is 32.2. The fourth-order valence-electron chi connectivity index (χ4n) is 3.63. The molecule has 0 bridgehead atoms. The molecule has 1 aromatic rings. The van der Waals surface area contributed by atoms with E-state index < -0.39 is 0 Å². The molecule has 2 aliphatic rings. The van der Waals surface area contributed by atoms with Crippen LogP contribution in [-0.2, 0) is 13.0 Å². The van der Waals surface area contributed by atoms with Gasteiger partial charge in [0.05, 0.1) is 0 Å². The number of hydrogen-bond donors (Lipinski definition) is 2. The molecule has 20 heavy (non-hydrogen) atoms. The number of fused-ring (bicyclic) bond motifs is 1. The maximum atomic E-state index is 3.72.